The third-order valence-corrected chi connectivity index (χ3v) is 3.37. The number of benzene rings is 1. The van der Waals surface area contributed by atoms with Crippen LogP contribution in [-0.2, 0) is 5.66 Å². The fraction of sp³-hybridized carbons (Fsp3) is 0.462. The monoisotopic (exact) mass is 249 g/mol. The molecular weight excluding hydrogens is 230 g/mol. The van der Waals surface area contributed by atoms with Gasteiger partial charge >= 0.3 is 0 Å². The molecule has 0 amide bonds. The molecule has 1 fully saturated rings. The van der Waals surface area contributed by atoms with Gasteiger partial charge in [0.2, 0.25) is 0 Å². The van der Waals surface area contributed by atoms with Gasteiger partial charge in [-0.2, -0.15) is 0 Å². The van der Waals surface area contributed by atoms with Crippen molar-refractivity contribution in [3.8, 4) is 0 Å². The zero-order valence-corrected chi connectivity index (χ0v) is 11.2. The standard InChI is InChI=1S/C13H19N3S/c1-3-4-10-16-12(17)14-13(2,15-16)11-8-6-5-7-9-11/h5-9,15H,3-4,10H2,1-2H3,(H,14,17)/t13-/m1/s1. The minimum atomic E-state index is -0.286. The van der Waals surface area contributed by atoms with Crippen molar-refractivity contribution in [1.29, 1.82) is 0 Å². The van der Waals surface area contributed by atoms with Gasteiger partial charge in [0, 0.05) is 6.54 Å². The third-order valence-electron chi connectivity index (χ3n) is 3.05. The maximum atomic E-state index is 5.36. The molecule has 0 unspecified atom stereocenters. The number of hydrazine groups is 1. The number of nitrogens with one attached hydrogen (secondary N) is 2. The van der Waals surface area contributed by atoms with Gasteiger partial charge in [0.05, 0.1) is 0 Å². The number of unbranched alkanes of at least 4 members (excludes halogenated alkanes) is 1. The van der Waals surface area contributed by atoms with Crippen molar-refractivity contribution in [2.45, 2.75) is 32.4 Å². The minimum absolute atomic E-state index is 0.286. The van der Waals surface area contributed by atoms with E-state index >= 15 is 0 Å². The molecule has 92 valence electrons. The van der Waals surface area contributed by atoms with Crippen LogP contribution in [0.4, 0.5) is 0 Å². The first-order chi connectivity index (χ1) is 8.15. The molecule has 1 atom stereocenters. The van der Waals surface area contributed by atoms with Crippen LogP contribution in [0.5, 0.6) is 0 Å². The van der Waals surface area contributed by atoms with Crippen molar-refractivity contribution in [2.75, 3.05) is 6.54 Å². The zero-order chi connectivity index (χ0) is 12.3. The Labute approximate surface area is 108 Å². The van der Waals surface area contributed by atoms with Gasteiger partial charge in [-0.05, 0) is 31.1 Å². The average molecular weight is 249 g/mol. The summed E-state index contributed by atoms with van der Waals surface area (Å²) in [6, 6.07) is 10.3. The quantitative estimate of drug-likeness (QED) is 0.801. The van der Waals surface area contributed by atoms with Crippen molar-refractivity contribution < 1.29 is 0 Å². The Balaban J connectivity index is 2.11. The molecule has 3 nitrogen and oxygen atoms in total. The lowest BCUT2D eigenvalue weighted by molar-refractivity contribution is 0.233. The molecule has 1 aromatic carbocycles. The van der Waals surface area contributed by atoms with Crippen LogP contribution in [0.3, 0.4) is 0 Å². The SMILES string of the molecule is CCCCN1N[C@](C)(c2ccccc2)NC1=S. The predicted octanol–water partition coefficient (Wildman–Crippen LogP) is 2.35. The van der Waals surface area contributed by atoms with Crippen LogP contribution in [0.25, 0.3) is 0 Å². The second-order valence-electron chi connectivity index (χ2n) is 4.54. The Bertz CT molecular complexity index is 393. The Hall–Kier alpha value is -1.13. The van der Waals surface area contributed by atoms with Crippen molar-refractivity contribution in [3.05, 3.63) is 35.9 Å². The number of hydrogen-bond donors (Lipinski definition) is 2. The fourth-order valence-corrected chi connectivity index (χ4v) is 2.35. The summed E-state index contributed by atoms with van der Waals surface area (Å²) in [6.07, 6.45) is 2.31. The lowest BCUT2D eigenvalue weighted by Gasteiger charge is -2.26. The first kappa shape index (κ1) is 12.3. The number of hydrogen-bond acceptors (Lipinski definition) is 2. The predicted molar refractivity (Wildman–Crippen MR) is 74.3 cm³/mol. The largest absolute Gasteiger partial charge is 0.338 e. The van der Waals surface area contributed by atoms with E-state index < -0.39 is 0 Å². The molecule has 1 aliphatic rings. The normalized spacial score (nSPS) is 23.9. The first-order valence-corrected chi connectivity index (χ1v) is 6.49. The van der Waals surface area contributed by atoms with E-state index in [4.69, 9.17) is 12.2 Å². The van der Waals surface area contributed by atoms with Gasteiger partial charge in [-0.1, -0.05) is 43.7 Å². The highest BCUT2D eigenvalue weighted by atomic mass is 32.1. The molecule has 1 heterocycles. The second kappa shape index (κ2) is 5.02. The van der Waals surface area contributed by atoms with Gasteiger partial charge < -0.3 is 5.32 Å². The van der Waals surface area contributed by atoms with Gasteiger partial charge in [0.25, 0.3) is 0 Å². The fourth-order valence-electron chi connectivity index (χ4n) is 2.01. The molecule has 0 saturated carbocycles. The number of rotatable bonds is 4. The number of thiocarbonyl (C=S) groups is 1. The highest BCUT2D eigenvalue weighted by molar-refractivity contribution is 7.80. The van der Waals surface area contributed by atoms with E-state index in [-0.39, 0.29) is 5.66 Å². The molecule has 0 spiro atoms. The van der Waals surface area contributed by atoms with Crippen molar-refractivity contribution in [3.63, 3.8) is 0 Å². The second-order valence-corrected chi connectivity index (χ2v) is 4.92. The highest BCUT2D eigenvalue weighted by Crippen LogP contribution is 2.22. The van der Waals surface area contributed by atoms with Gasteiger partial charge in [-0.15, -0.1) is 0 Å². The smallest absolute Gasteiger partial charge is 0.185 e. The van der Waals surface area contributed by atoms with Crippen LogP contribution in [0.1, 0.15) is 32.3 Å². The number of nitrogens with zero attached hydrogens (tertiary/aromatic N) is 1. The van der Waals surface area contributed by atoms with Crippen molar-refractivity contribution in [1.82, 2.24) is 15.8 Å². The van der Waals surface area contributed by atoms with Crippen molar-refractivity contribution >= 4 is 17.3 Å². The maximum absolute atomic E-state index is 5.36. The van der Waals surface area contributed by atoms with Crippen LogP contribution < -0.4 is 10.7 Å². The Kier molecular flexibility index (Phi) is 3.64. The Morgan fingerprint density at radius 3 is 2.65 bits per heavy atom. The van der Waals surface area contributed by atoms with E-state index in [0.717, 1.165) is 18.1 Å². The van der Waals surface area contributed by atoms with E-state index in [1.807, 2.05) is 23.2 Å². The summed E-state index contributed by atoms with van der Waals surface area (Å²) in [4.78, 5) is 0. The summed E-state index contributed by atoms with van der Waals surface area (Å²) in [7, 11) is 0. The molecule has 2 N–H and O–H groups in total. The summed E-state index contributed by atoms with van der Waals surface area (Å²) in [5, 5.41) is 6.17. The molecule has 0 radical (unpaired) electrons. The van der Waals surface area contributed by atoms with Crippen LogP contribution in [0.2, 0.25) is 0 Å². The van der Waals surface area contributed by atoms with Crippen LogP contribution in [-0.4, -0.2) is 16.7 Å². The van der Waals surface area contributed by atoms with Gasteiger partial charge in [0.1, 0.15) is 5.66 Å². The van der Waals surface area contributed by atoms with Crippen molar-refractivity contribution in [2.24, 2.45) is 0 Å². The molecule has 1 saturated heterocycles. The summed E-state index contributed by atoms with van der Waals surface area (Å²) < 4.78 is 0. The van der Waals surface area contributed by atoms with E-state index in [0.29, 0.717) is 0 Å². The summed E-state index contributed by atoms with van der Waals surface area (Å²) in [5.74, 6) is 0. The molecule has 0 aliphatic carbocycles. The zero-order valence-electron chi connectivity index (χ0n) is 10.4. The summed E-state index contributed by atoms with van der Waals surface area (Å²) in [5.41, 5.74) is 4.36. The summed E-state index contributed by atoms with van der Waals surface area (Å²) >= 11 is 5.36. The third kappa shape index (κ3) is 2.58. The lowest BCUT2D eigenvalue weighted by Crippen LogP contribution is -2.45. The van der Waals surface area contributed by atoms with E-state index in [9.17, 15) is 0 Å². The molecular formula is C13H19N3S. The molecule has 1 aliphatic heterocycles. The Morgan fingerprint density at radius 2 is 2.00 bits per heavy atom. The van der Waals surface area contributed by atoms with E-state index in [2.05, 4.69) is 36.7 Å². The van der Waals surface area contributed by atoms with Crippen LogP contribution in [0, 0.1) is 0 Å². The molecule has 2 rings (SSSR count). The van der Waals surface area contributed by atoms with Crippen LogP contribution in [0.15, 0.2) is 30.3 Å². The van der Waals surface area contributed by atoms with Gasteiger partial charge in [-0.3, -0.25) is 5.01 Å². The topological polar surface area (TPSA) is 27.3 Å². The highest BCUT2D eigenvalue weighted by Gasteiger charge is 2.36. The average Bonchev–Trinajstić information content (AvgIpc) is 2.64. The van der Waals surface area contributed by atoms with Gasteiger partial charge in [-0.25, -0.2) is 5.43 Å². The molecule has 4 heteroatoms. The Morgan fingerprint density at radius 1 is 1.29 bits per heavy atom. The molecule has 17 heavy (non-hydrogen) atoms. The van der Waals surface area contributed by atoms with Crippen LogP contribution >= 0.6 is 12.2 Å². The summed E-state index contributed by atoms with van der Waals surface area (Å²) in [6.45, 7) is 5.24. The van der Waals surface area contributed by atoms with Gasteiger partial charge in [0.15, 0.2) is 5.11 Å². The molecule has 0 bridgehead atoms. The lowest BCUT2D eigenvalue weighted by atomic mass is 10.0. The maximum Gasteiger partial charge on any atom is 0.185 e. The molecule has 0 aromatic heterocycles. The van der Waals surface area contributed by atoms with E-state index in [1.54, 1.807) is 0 Å². The van der Waals surface area contributed by atoms with E-state index in [1.165, 1.54) is 12.0 Å². The first-order valence-electron chi connectivity index (χ1n) is 6.09. The minimum Gasteiger partial charge on any atom is -0.338 e. The molecule has 1 aromatic rings.